The number of benzene rings is 1. The Bertz CT molecular complexity index is 575. The summed E-state index contributed by atoms with van der Waals surface area (Å²) < 4.78 is 1.95. The Balaban J connectivity index is 2.28. The molecule has 4 heteroatoms. The summed E-state index contributed by atoms with van der Waals surface area (Å²) in [5, 5.41) is 14.9. The molecule has 0 bridgehead atoms. The second kappa shape index (κ2) is 2.98. The van der Waals surface area contributed by atoms with E-state index in [1.54, 1.807) is 6.07 Å². The number of hydrogen-bond acceptors (Lipinski definition) is 2. The lowest BCUT2D eigenvalue weighted by Crippen LogP contribution is -1.92. The summed E-state index contributed by atoms with van der Waals surface area (Å²) in [6, 6.07) is 6.17. The van der Waals surface area contributed by atoms with Gasteiger partial charge in [0.15, 0.2) is 0 Å². The molecule has 2 aromatic rings. The Kier molecular flexibility index (Phi) is 1.74. The van der Waals surface area contributed by atoms with Crippen molar-refractivity contribution in [3.05, 3.63) is 28.9 Å². The van der Waals surface area contributed by atoms with Gasteiger partial charge in [0, 0.05) is 16.6 Å². The third-order valence-corrected chi connectivity index (χ3v) is 2.85. The van der Waals surface area contributed by atoms with Crippen LogP contribution in [0.25, 0.3) is 10.9 Å². The average Bonchev–Trinajstić information content (AvgIpc) is 2.98. The Morgan fingerprint density at radius 3 is 2.93 bits per heavy atom. The van der Waals surface area contributed by atoms with Gasteiger partial charge in [-0.15, -0.1) is 0 Å². The van der Waals surface area contributed by atoms with Crippen molar-refractivity contribution >= 4 is 22.5 Å². The lowest BCUT2D eigenvalue weighted by molar-refractivity contribution is 0.649. The van der Waals surface area contributed by atoms with Crippen LogP contribution in [0.15, 0.2) is 18.3 Å². The number of fused-ring (bicyclic) bond motifs is 1. The lowest BCUT2D eigenvalue weighted by Gasteiger charge is -1.93. The molecule has 1 aliphatic rings. The fraction of sp³-hybridized carbons (Fsp3) is 0.273. The van der Waals surface area contributed by atoms with Crippen LogP contribution in [0.4, 0.5) is 0 Å². The van der Waals surface area contributed by atoms with E-state index in [0.29, 0.717) is 16.6 Å². The SMILES string of the molecule is N#Cc1cc(Cl)cc2cn(C3CC3)nc12. The zero-order chi connectivity index (χ0) is 10.4. The number of halogens is 1. The summed E-state index contributed by atoms with van der Waals surface area (Å²) in [4.78, 5) is 0. The van der Waals surface area contributed by atoms with Crippen LogP contribution in [0.1, 0.15) is 24.4 Å². The number of nitriles is 1. The molecule has 1 saturated carbocycles. The Morgan fingerprint density at radius 2 is 2.27 bits per heavy atom. The van der Waals surface area contributed by atoms with E-state index in [9.17, 15) is 0 Å². The molecule has 0 spiro atoms. The zero-order valence-electron chi connectivity index (χ0n) is 7.94. The second-order valence-electron chi connectivity index (χ2n) is 3.84. The molecule has 1 aromatic heterocycles. The predicted molar refractivity (Wildman–Crippen MR) is 57.7 cm³/mol. The van der Waals surface area contributed by atoms with E-state index in [1.165, 1.54) is 12.8 Å². The van der Waals surface area contributed by atoms with E-state index in [0.717, 1.165) is 10.9 Å². The van der Waals surface area contributed by atoms with Crippen LogP contribution in [0.5, 0.6) is 0 Å². The van der Waals surface area contributed by atoms with Gasteiger partial charge in [-0.05, 0) is 25.0 Å². The van der Waals surface area contributed by atoms with Gasteiger partial charge in [-0.1, -0.05) is 11.6 Å². The minimum atomic E-state index is 0.530. The van der Waals surface area contributed by atoms with E-state index in [-0.39, 0.29) is 0 Å². The van der Waals surface area contributed by atoms with Gasteiger partial charge in [0.05, 0.1) is 11.6 Å². The second-order valence-corrected chi connectivity index (χ2v) is 4.28. The molecule has 74 valence electrons. The van der Waals surface area contributed by atoms with Gasteiger partial charge < -0.3 is 0 Å². The summed E-state index contributed by atoms with van der Waals surface area (Å²) in [6.07, 6.45) is 4.34. The molecule has 0 aliphatic heterocycles. The highest BCUT2D eigenvalue weighted by Gasteiger charge is 2.25. The monoisotopic (exact) mass is 217 g/mol. The third kappa shape index (κ3) is 1.38. The van der Waals surface area contributed by atoms with Crippen molar-refractivity contribution in [2.75, 3.05) is 0 Å². The molecule has 1 aromatic carbocycles. The van der Waals surface area contributed by atoms with Crippen molar-refractivity contribution in [1.82, 2.24) is 9.78 Å². The molecule has 15 heavy (non-hydrogen) atoms. The van der Waals surface area contributed by atoms with Crippen LogP contribution in [-0.4, -0.2) is 9.78 Å². The Morgan fingerprint density at radius 1 is 1.47 bits per heavy atom. The van der Waals surface area contributed by atoms with Crippen molar-refractivity contribution in [2.24, 2.45) is 0 Å². The molecule has 0 amide bonds. The van der Waals surface area contributed by atoms with Gasteiger partial charge in [0.25, 0.3) is 0 Å². The molecule has 1 aliphatic carbocycles. The molecular formula is C11H8ClN3. The first-order valence-corrected chi connectivity index (χ1v) is 5.24. The van der Waals surface area contributed by atoms with E-state index in [2.05, 4.69) is 11.2 Å². The van der Waals surface area contributed by atoms with Crippen LogP contribution < -0.4 is 0 Å². The summed E-state index contributed by atoms with van der Waals surface area (Å²) >= 11 is 5.92. The van der Waals surface area contributed by atoms with Crippen LogP contribution >= 0.6 is 11.6 Å². The predicted octanol–water partition coefficient (Wildman–Crippen LogP) is 2.90. The van der Waals surface area contributed by atoms with Crippen LogP contribution in [0.2, 0.25) is 5.02 Å². The average molecular weight is 218 g/mol. The molecule has 1 fully saturated rings. The quantitative estimate of drug-likeness (QED) is 0.737. The number of aromatic nitrogens is 2. The normalized spacial score (nSPS) is 15.5. The van der Waals surface area contributed by atoms with Gasteiger partial charge in [0.1, 0.15) is 11.6 Å². The minimum Gasteiger partial charge on any atom is -0.268 e. The van der Waals surface area contributed by atoms with Gasteiger partial charge >= 0.3 is 0 Å². The largest absolute Gasteiger partial charge is 0.268 e. The van der Waals surface area contributed by atoms with Crippen molar-refractivity contribution in [3.8, 4) is 6.07 Å². The maximum Gasteiger partial charge on any atom is 0.110 e. The summed E-state index contributed by atoms with van der Waals surface area (Å²) in [5.41, 5.74) is 1.31. The van der Waals surface area contributed by atoms with E-state index < -0.39 is 0 Å². The number of rotatable bonds is 1. The molecule has 3 nitrogen and oxygen atoms in total. The summed E-state index contributed by atoms with van der Waals surface area (Å²) in [5.74, 6) is 0. The Labute approximate surface area is 91.9 Å². The van der Waals surface area contributed by atoms with E-state index >= 15 is 0 Å². The van der Waals surface area contributed by atoms with Crippen LogP contribution in [0.3, 0.4) is 0 Å². The van der Waals surface area contributed by atoms with Gasteiger partial charge in [-0.2, -0.15) is 10.4 Å². The Hall–Kier alpha value is -1.53. The first-order valence-electron chi connectivity index (χ1n) is 4.86. The smallest absolute Gasteiger partial charge is 0.110 e. The van der Waals surface area contributed by atoms with Crippen molar-refractivity contribution in [3.63, 3.8) is 0 Å². The molecule has 0 radical (unpaired) electrons. The van der Waals surface area contributed by atoms with Crippen molar-refractivity contribution < 1.29 is 0 Å². The van der Waals surface area contributed by atoms with Crippen LogP contribution in [0, 0.1) is 11.3 Å². The fourth-order valence-electron chi connectivity index (χ4n) is 1.73. The fourth-order valence-corrected chi connectivity index (χ4v) is 1.96. The minimum absolute atomic E-state index is 0.530. The molecule has 0 unspecified atom stereocenters. The molecule has 0 saturated heterocycles. The molecule has 1 heterocycles. The molecule has 0 atom stereocenters. The molecular weight excluding hydrogens is 210 g/mol. The van der Waals surface area contributed by atoms with Gasteiger partial charge in [-0.25, -0.2) is 0 Å². The van der Waals surface area contributed by atoms with Crippen molar-refractivity contribution in [1.29, 1.82) is 5.26 Å². The topological polar surface area (TPSA) is 41.6 Å². The maximum atomic E-state index is 8.97. The summed E-state index contributed by atoms with van der Waals surface area (Å²) in [7, 11) is 0. The number of nitrogens with zero attached hydrogens (tertiary/aromatic N) is 3. The van der Waals surface area contributed by atoms with E-state index in [1.807, 2.05) is 16.9 Å². The zero-order valence-corrected chi connectivity index (χ0v) is 8.70. The highest BCUT2D eigenvalue weighted by atomic mass is 35.5. The lowest BCUT2D eigenvalue weighted by atomic mass is 10.2. The van der Waals surface area contributed by atoms with Crippen LogP contribution in [-0.2, 0) is 0 Å². The molecule has 0 N–H and O–H groups in total. The first kappa shape index (κ1) is 8.75. The van der Waals surface area contributed by atoms with E-state index in [4.69, 9.17) is 16.9 Å². The first-order chi connectivity index (χ1) is 7.28. The van der Waals surface area contributed by atoms with Gasteiger partial charge in [-0.3, -0.25) is 4.68 Å². The number of hydrogen-bond donors (Lipinski definition) is 0. The molecule has 3 rings (SSSR count). The highest BCUT2D eigenvalue weighted by Crippen LogP contribution is 2.35. The maximum absolute atomic E-state index is 8.97. The highest BCUT2D eigenvalue weighted by molar-refractivity contribution is 6.31. The standard InChI is InChI=1S/C11H8ClN3/c12-9-3-7(5-13)11-8(4-9)6-15(14-11)10-1-2-10/h3-4,6,10H,1-2H2. The van der Waals surface area contributed by atoms with Gasteiger partial charge in [0.2, 0.25) is 0 Å². The third-order valence-electron chi connectivity index (χ3n) is 2.63. The summed E-state index contributed by atoms with van der Waals surface area (Å²) in [6.45, 7) is 0. The van der Waals surface area contributed by atoms with Crippen molar-refractivity contribution in [2.45, 2.75) is 18.9 Å².